The molecule has 0 radical (unpaired) electrons. The Morgan fingerprint density at radius 2 is 1.44 bits per heavy atom. The van der Waals surface area contributed by atoms with Gasteiger partial charge in [-0.2, -0.15) is 0 Å². The molecule has 348 valence electrons. The van der Waals surface area contributed by atoms with Crippen molar-refractivity contribution in [1.82, 2.24) is 24.8 Å². The molecule has 16 nitrogen and oxygen atoms in total. The minimum atomic E-state index is -1.57. The molecule has 0 spiro atoms. The van der Waals surface area contributed by atoms with Crippen molar-refractivity contribution in [1.29, 1.82) is 0 Å². The summed E-state index contributed by atoms with van der Waals surface area (Å²) in [4.78, 5) is 88.7. The summed E-state index contributed by atoms with van der Waals surface area (Å²) in [5.74, 6) is -5.81. The molecule has 4 N–H and O–H groups in total. The third-order valence-electron chi connectivity index (χ3n) is 12.2. The molecule has 10 rings (SSSR count). The van der Waals surface area contributed by atoms with Crippen molar-refractivity contribution in [3.8, 4) is 5.75 Å². The number of aromatic nitrogens is 3. The van der Waals surface area contributed by atoms with Crippen molar-refractivity contribution in [2.24, 2.45) is 5.92 Å². The van der Waals surface area contributed by atoms with E-state index in [9.17, 15) is 47.8 Å². The molecular formula is C49H42BrF2N7O9. The van der Waals surface area contributed by atoms with Gasteiger partial charge in [-0.15, -0.1) is 0 Å². The number of halogens is 3. The zero-order valence-corrected chi connectivity index (χ0v) is 37.9. The lowest BCUT2D eigenvalue weighted by Crippen LogP contribution is -2.50. The first-order valence-corrected chi connectivity index (χ1v) is 22.6. The number of anilines is 2. The quantitative estimate of drug-likeness (QED) is 0.0712. The topological polar surface area (TPSA) is 213 Å². The van der Waals surface area contributed by atoms with Gasteiger partial charge < -0.3 is 35.1 Å². The van der Waals surface area contributed by atoms with Crippen molar-refractivity contribution >= 4 is 67.9 Å². The third kappa shape index (κ3) is 8.58. The zero-order chi connectivity index (χ0) is 48.0. The number of ether oxygens (including phenoxy) is 1. The van der Waals surface area contributed by atoms with Crippen LogP contribution in [0.5, 0.6) is 5.75 Å². The van der Waals surface area contributed by atoms with Gasteiger partial charge in [0.1, 0.15) is 28.8 Å². The number of rotatable bonds is 11. The van der Waals surface area contributed by atoms with Crippen LogP contribution in [0.25, 0.3) is 11.0 Å². The van der Waals surface area contributed by atoms with Gasteiger partial charge in [-0.3, -0.25) is 43.6 Å². The summed E-state index contributed by atoms with van der Waals surface area (Å²) in [5, 5.41) is 27.8. The molecular weight excluding hydrogens is 948 g/mol. The van der Waals surface area contributed by atoms with E-state index >= 15 is 0 Å². The van der Waals surface area contributed by atoms with Crippen LogP contribution in [0.15, 0.2) is 94.5 Å². The third-order valence-corrected chi connectivity index (χ3v) is 13.1. The fourth-order valence-electron chi connectivity index (χ4n) is 8.63. The molecule has 0 bridgehead atoms. The summed E-state index contributed by atoms with van der Waals surface area (Å²) in [6.07, 6.45) is 4.15. The number of aromatic hydroxyl groups is 1. The number of hydrogen-bond acceptors (Lipinski definition) is 12. The minimum Gasteiger partial charge on any atom is -0.505 e. The van der Waals surface area contributed by atoms with Gasteiger partial charge in [-0.05, 0) is 88.8 Å². The first-order chi connectivity index (χ1) is 32.7. The molecule has 4 aliphatic rings. The number of aliphatic hydroxyl groups excluding tert-OH is 1. The van der Waals surface area contributed by atoms with Gasteiger partial charge in [0.05, 0.1) is 40.3 Å². The van der Waals surface area contributed by atoms with Crippen molar-refractivity contribution in [2.45, 2.75) is 51.3 Å². The van der Waals surface area contributed by atoms with Crippen molar-refractivity contribution in [3.05, 3.63) is 156 Å². The van der Waals surface area contributed by atoms with Gasteiger partial charge in [-0.1, -0.05) is 36.4 Å². The smallest absolute Gasteiger partial charge is 0.321 e. The number of carbonyl (C=O) groups excluding carboxylic acids is 5. The first-order valence-electron chi connectivity index (χ1n) is 21.8. The number of aliphatic hydroxyl groups is 1. The van der Waals surface area contributed by atoms with Crippen molar-refractivity contribution in [3.63, 3.8) is 0 Å². The number of nitrogens with one attached hydrogen (secondary N) is 2. The van der Waals surface area contributed by atoms with E-state index in [2.05, 4.69) is 36.5 Å². The fraction of sp³-hybridized carbons (Fsp3) is 0.265. The maximum atomic E-state index is 13.6. The van der Waals surface area contributed by atoms with Crippen LogP contribution in [0.1, 0.15) is 84.9 Å². The Labute approximate surface area is 394 Å². The van der Waals surface area contributed by atoms with E-state index in [0.717, 1.165) is 34.4 Å². The number of imide groups is 1. The van der Waals surface area contributed by atoms with E-state index in [-0.39, 0.29) is 71.0 Å². The molecule has 19 heteroatoms. The molecule has 68 heavy (non-hydrogen) atoms. The largest absolute Gasteiger partial charge is 0.505 e. The number of nitrogens with zero attached hydrogens (tertiary/aromatic N) is 5. The van der Waals surface area contributed by atoms with E-state index in [1.54, 1.807) is 61.7 Å². The fourth-order valence-corrected chi connectivity index (χ4v) is 9.29. The molecule has 6 heterocycles. The van der Waals surface area contributed by atoms with Gasteiger partial charge in [0, 0.05) is 67.5 Å². The molecule has 3 aromatic carbocycles. The van der Waals surface area contributed by atoms with Gasteiger partial charge in [0.15, 0.2) is 11.7 Å². The lowest BCUT2D eigenvalue weighted by atomic mass is 9.91. The predicted molar refractivity (Wildman–Crippen MR) is 246 cm³/mol. The lowest BCUT2D eigenvalue weighted by Gasteiger charge is -2.37. The monoisotopic (exact) mass is 989 g/mol. The highest BCUT2D eigenvalue weighted by Crippen LogP contribution is 2.44. The second-order valence-electron chi connectivity index (χ2n) is 16.6. The van der Waals surface area contributed by atoms with Crippen LogP contribution in [0.4, 0.5) is 20.2 Å². The van der Waals surface area contributed by atoms with Crippen LogP contribution in [-0.4, -0.2) is 91.5 Å². The number of fused-ring (bicyclic) bond motifs is 2. The van der Waals surface area contributed by atoms with E-state index < -0.39 is 52.9 Å². The Kier molecular flexibility index (Phi) is 12.6. The average molecular weight is 991 g/mol. The second kappa shape index (κ2) is 18.7. The van der Waals surface area contributed by atoms with Crippen LogP contribution in [0, 0.1) is 17.6 Å². The van der Waals surface area contributed by atoms with Gasteiger partial charge in [0.25, 0.3) is 23.3 Å². The number of carbonyl (C=O) groups is 5. The molecule has 6 aromatic rings. The molecule has 2 atom stereocenters. The Hall–Kier alpha value is -7.38. The Morgan fingerprint density at radius 3 is 2.04 bits per heavy atom. The number of pyridine rings is 3. The van der Waals surface area contributed by atoms with Crippen LogP contribution < -0.4 is 21.1 Å². The number of benzene rings is 3. The molecule has 4 amide bonds. The molecule has 0 saturated heterocycles. The second-order valence-corrected chi connectivity index (χ2v) is 17.4. The number of hydrogen-bond donors (Lipinski definition) is 4. The summed E-state index contributed by atoms with van der Waals surface area (Å²) < 4.78 is 33.6. The van der Waals surface area contributed by atoms with Crippen LogP contribution in [0.2, 0.25) is 0 Å². The summed E-state index contributed by atoms with van der Waals surface area (Å²) in [7, 11) is 0. The lowest BCUT2D eigenvalue weighted by molar-refractivity contribution is -0.157. The maximum absolute atomic E-state index is 13.6. The zero-order valence-electron chi connectivity index (χ0n) is 36.3. The van der Waals surface area contributed by atoms with Crippen LogP contribution in [0.3, 0.4) is 0 Å². The molecule has 2 unspecified atom stereocenters. The summed E-state index contributed by atoms with van der Waals surface area (Å²) in [6, 6.07) is 18.6. The van der Waals surface area contributed by atoms with Crippen LogP contribution in [-0.2, 0) is 33.7 Å². The Morgan fingerprint density at radius 1 is 0.853 bits per heavy atom. The highest BCUT2D eigenvalue weighted by Gasteiger charge is 2.47. The molecule has 3 aliphatic heterocycles. The van der Waals surface area contributed by atoms with Crippen LogP contribution >= 0.6 is 15.9 Å². The summed E-state index contributed by atoms with van der Waals surface area (Å²) in [5.41, 5.74) is 4.63. The first kappa shape index (κ1) is 45.8. The van der Waals surface area contributed by atoms with E-state index in [1.807, 2.05) is 0 Å². The van der Waals surface area contributed by atoms with Gasteiger partial charge in [0.2, 0.25) is 5.91 Å². The Balaban J connectivity index is 0.000000177. The number of amides is 4. The molecule has 1 aliphatic carbocycles. The highest BCUT2D eigenvalue weighted by atomic mass is 79.9. The average Bonchev–Trinajstić information content (AvgIpc) is 4.12. The van der Waals surface area contributed by atoms with Gasteiger partial charge in [-0.25, -0.2) is 8.78 Å². The van der Waals surface area contributed by atoms with E-state index in [0.29, 0.717) is 47.2 Å². The van der Waals surface area contributed by atoms with Crippen molar-refractivity contribution < 1.29 is 47.7 Å². The van der Waals surface area contributed by atoms with E-state index in [1.165, 1.54) is 39.9 Å². The number of esters is 1. The molecule has 3 aromatic heterocycles. The Bertz CT molecular complexity index is 3070. The summed E-state index contributed by atoms with van der Waals surface area (Å²) in [6.45, 7) is 2.16. The summed E-state index contributed by atoms with van der Waals surface area (Å²) >= 11 is 3.54. The minimum absolute atomic E-state index is 0.00492. The highest BCUT2D eigenvalue weighted by molar-refractivity contribution is 9.10. The SMILES string of the molecule is CCOC(=O)C1C(=O)N(CCN2C(=O)c3ccccc3C2=O)c2c(ncc(Cc3ccc(F)cc3)c2Br)C1O.O=C(NC1CC1)c1c(O)c2ncc(Cc3ccc(F)cc3)c3c2n(c1=O)CCN3. The molecule has 1 fully saturated rings. The van der Waals surface area contributed by atoms with E-state index in [4.69, 9.17) is 4.74 Å². The van der Waals surface area contributed by atoms with Gasteiger partial charge >= 0.3 is 5.97 Å². The standard InChI is InChI=1S/C28H23BrFN3O6.C21H19FN4O3/c1-2-39-28(38)20-24(34)22-23(21(29)16(14-31-22)13-15-7-9-17(30)10-8-15)32(27(20)37)11-12-33-25(35)18-5-3-4-6-19(18)26(33)36;22-13-3-1-11(2-4-13)9-12-10-24-17-18-16(12)23-7-8-26(18)21(29)15(19(17)27)20(28)25-14-5-6-14/h3-10,14,20,24,34H,2,11-13H2,1H3;1-4,10,14,23,27H,5-9H2,(H,25,28). The maximum Gasteiger partial charge on any atom is 0.321 e. The van der Waals surface area contributed by atoms with Crippen molar-refractivity contribution in [2.75, 3.05) is 36.5 Å². The normalized spacial score (nSPS) is 17.0. The predicted octanol–water partition coefficient (Wildman–Crippen LogP) is 5.58. The molecule has 1 saturated carbocycles.